The van der Waals surface area contributed by atoms with E-state index in [1.54, 1.807) is 11.3 Å². The lowest BCUT2D eigenvalue weighted by Gasteiger charge is -2.25. The molecule has 1 aliphatic rings. The molecule has 1 N–H and O–H groups in total. The van der Waals surface area contributed by atoms with Gasteiger partial charge in [-0.15, -0.1) is 11.3 Å². The molecule has 0 saturated carbocycles. The van der Waals surface area contributed by atoms with Crippen molar-refractivity contribution in [3.8, 4) is 21.7 Å². The molecule has 6 rings (SSSR count). The van der Waals surface area contributed by atoms with Gasteiger partial charge in [0.05, 0.1) is 27.7 Å². The van der Waals surface area contributed by atoms with Gasteiger partial charge >= 0.3 is 5.97 Å². The Hall–Kier alpha value is -3.26. The Kier molecular flexibility index (Phi) is 6.23. The maximum absolute atomic E-state index is 11.8. The molecular weight excluding hydrogens is 506 g/mol. The molecule has 0 atom stereocenters. The van der Waals surface area contributed by atoms with E-state index in [4.69, 9.17) is 26.3 Å². The SMILES string of the molecule is Cc1cc2nc(-c3ccc4nc(C)n(C5CCOCC5)c4c3)sc2c(-c2ccc(Cl)cc2)c1CC(=O)O. The number of aromatic nitrogens is 3. The zero-order chi connectivity index (χ0) is 25.7. The van der Waals surface area contributed by atoms with Gasteiger partial charge in [0.2, 0.25) is 0 Å². The number of carboxylic acids is 1. The summed E-state index contributed by atoms with van der Waals surface area (Å²) >= 11 is 7.75. The highest BCUT2D eigenvalue weighted by Crippen LogP contribution is 2.41. The van der Waals surface area contributed by atoms with Gasteiger partial charge in [0.25, 0.3) is 0 Å². The Morgan fingerprint density at radius 1 is 1.05 bits per heavy atom. The molecule has 8 heteroatoms. The summed E-state index contributed by atoms with van der Waals surface area (Å²) in [5.41, 5.74) is 7.57. The summed E-state index contributed by atoms with van der Waals surface area (Å²) in [7, 11) is 0. The van der Waals surface area contributed by atoms with Crippen LogP contribution in [0.5, 0.6) is 0 Å². The minimum absolute atomic E-state index is 0.0531. The van der Waals surface area contributed by atoms with Crippen LogP contribution in [0.3, 0.4) is 0 Å². The topological polar surface area (TPSA) is 77.2 Å². The molecule has 0 bridgehead atoms. The van der Waals surface area contributed by atoms with Crippen LogP contribution in [0.15, 0.2) is 48.5 Å². The molecule has 0 spiro atoms. The van der Waals surface area contributed by atoms with Crippen molar-refractivity contribution in [2.24, 2.45) is 0 Å². The molecule has 0 aliphatic carbocycles. The van der Waals surface area contributed by atoms with Crippen LogP contribution < -0.4 is 0 Å². The minimum Gasteiger partial charge on any atom is -0.481 e. The van der Waals surface area contributed by atoms with Crippen LogP contribution in [0.2, 0.25) is 5.02 Å². The van der Waals surface area contributed by atoms with Crippen molar-refractivity contribution >= 4 is 50.2 Å². The molecule has 1 fully saturated rings. The number of halogens is 1. The Morgan fingerprint density at radius 2 is 1.78 bits per heavy atom. The number of benzene rings is 3. The number of thiazole rings is 1. The van der Waals surface area contributed by atoms with Crippen LogP contribution in [0.1, 0.15) is 35.8 Å². The lowest BCUT2D eigenvalue weighted by molar-refractivity contribution is -0.136. The van der Waals surface area contributed by atoms with Crippen molar-refractivity contribution in [3.63, 3.8) is 0 Å². The van der Waals surface area contributed by atoms with E-state index in [1.807, 2.05) is 37.3 Å². The standard InChI is InChI=1S/C29H26ClN3O3S/c1-16-13-24-28(27(22(16)15-26(34)35)18-3-6-20(30)7-4-18)37-29(32-24)19-5-8-23-25(14-19)33(17(2)31-23)21-9-11-36-12-10-21/h3-8,13-14,21H,9-12,15H2,1-2H3,(H,34,35). The van der Waals surface area contributed by atoms with Crippen LogP contribution in [0, 0.1) is 13.8 Å². The first-order chi connectivity index (χ1) is 17.9. The van der Waals surface area contributed by atoms with Crippen LogP contribution in [-0.2, 0) is 16.0 Å². The molecule has 0 amide bonds. The van der Waals surface area contributed by atoms with Gasteiger partial charge in [-0.2, -0.15) is 0 Å². The van der Waals surface area contributed by atoms with Crippen molar-refractivity contribution in [3.05, 3.63) is 70.5 Å². The highest BCUT2D eigenvalue weighted by molar-refractivity contribution is 7.22. The van der Waals surface area contributed by atoms with Crippen molar-refractivity contribution in [2.75, 3.05) is 13.2 Å². The van der Waals surface area contributed by atoms with Gasteiger partial charge in [-0.25, -0.2) is 9.97 Å². The average Bonchev–Trinajstić information content (AvgIpc) is 3.45. The van der Waals surface area contributed by atoms with Gasteiger partial charge in [0, 0.05) is 35.4 Å². The second kappa shape index (κ2) is 9.56. The number of hydrogen-bond acceptors (Lipinski definition) is 5. The fourth-order valence-electron chi connectivity index (χ4n) is 5.41. The normalized spacial score (nSPS) is 14.6. The first-order valence-corrected chi connectivity index (χ1v) is 13.6. The smallest absolute Gasteiger partial charge is 0.307 e. The first-order valence-electron chi connectivity index (χ1n) is 12.4. The maximum atomic E-state index is 11.8. The molecule has 5 aromatic rings. The van der Waals surface area contributed by atoms with E-state index in [0.717, 1.165) is 86.0 Å². The number of rotatable bonds is 5. The van der Waals surface area contributed by atoms with Gasteiger partial charge in [-0.05, 0) is 79.8 Å². The summed E-state index contributed by atoms with van der Waals surface area (Å²) in [6.07, 6.45) is 1.91. The third-order valence-corrected chi connectivity index (χ3v) is 8.53. The van der Waals surface area contributed by atoms with Gasteiger partial charge in [-0.1, -0.05) is 23.7 Å². The molecule has 6 nitrogen and oxygen atoms in total. The number of hydrogen-bond donors (Lipinski definition) is 1. The number of carbonyl (C=O) groups is 1. The number of fused-ring (bicyclic) bond motifs is 2. The van der Waals surface area contributed by atoms with Crippen LogP contribution >= 0.6 is 22.9 Å². The van der Waals surface area contributed by atoms with Gasteiger partial charge < -0.3 is 14.4 Å². The van der Waals surface area contributed by atoms with E-state index in [-0.39, 0.29) is 6.42 Å². The lowest BCUT2D eigenvalue weighted by atomic mass is 9.93. The molecule has 0 radical (unpaired) electrons. The number of nitrogens with zero attached hydrogens (tertiary/aromatic N) is 3. The van der Waals surface area contributed by atoms with Crippen molar-refractivity contribution < 1.29 is 14.6 Å². The van der Waals surface area contributed by atoms with Crippen LogP contribution in [-0.4, -0.2) is 38.8 Å². The molecule has 2 aromatic heterocycles. The summed E-state index contributed by atoms with van der Waals surface area (Å²) in [6.45, 7) is 5.56. The van der Waals surface area contributed by atoms with Gasteiger partial charge in [-0.3, -0.25) is 4.79 Å². The molecule has 0 unspecified atom stereocenters. The van der Waals surface area contributed by atoms with E-state index in [1.165, 1.54) is 0 Å². The molecule has 37 heavy (non-hydrogen) atoms. The molecule has 3 aromatic carbocycles. The van der Waals surface area contributed by atoms with Crippen LogP contribution in [0.25, 0.3) is 42.9 Å². The van der Waals surface area contributed by atoms with E-state index < -0.39 is 5.97 Å². The second-order valence-electron chi connectivity index (χ2n) is 9.57. The minimum atomic E-state index is -0.857. The third-order valence-electron chi connectivity index (χ3n) is 7.14. The summed E-state index contributed by atoms with van der Waals surface area (Å²) in [5, 5.41) is 11.2. The summed E-state index contributed by atoms with van der Waals surface area (Å²) < 4.78 is 8.92. The second-order valence-corrected chi connectivity index (χ2v) is 11.0. The van der Waals surface area contributed by atoms with Crippen LogP contribution in [0.4, 0.5) is 0 Å². The number of ether oxygens (including phenoxy) is 1. The Balaban J connectivity index is 1.53. The highest BCUT2D eigenvalue weighted by Gasteiger charge is 2.22. The van der Waals surface area contributed by atoms with Gasteiger partial charge in [0.1, 0.15) is 10.8 Å². The number of aliphatic carboxylic acids is 1. The Morgan fingerprint density at radius 3 is 2.51 bits per heavy atom. The Labute approximate surface area is 223 Å². The predicted molar refractivity (Wildman–Crippen MR) is 149 cm³/mol. The molecule has 1 aliphatic heterocycles. The van der Waals surface area contributed by atoms with Gasteiger partial charge in [0.15, 0.2) is 0 Å². The van der Waals surface area contributed by atoms with E-state index in [0.29, 0.717) is 11.1 Å². The fraction of sp³-hybridized carbons (Fsp3) is 0.276. The largest absolute Gasteiger partial charge is 0.481 e. The van der Waals surface area contributed by atoms with Crippen molar-refractivity contribution in [1.29, 1.82) is 0 Å². The maximum Gasteiger partial charge on any atom is 0.307 e. The quantitative estimate of drug-likeness (QED) is 0.259. The van der Waals surface area contributed by atoms with E-state index in [9.17, 15) is 9.90 Å². The van der Waals surface area contributed by atoms with Crippen molar-refractivity contribution in [2.45, 2.75) is 39.2 Å². The summed E-state index contributed by atoms with van der Waals surface area (Å²) in [6, 6.07) is 16.3. The molecule has 3 heterocycles. The summed E-state index contributed by atoms with van der Waals surface area (Å²) in [5.74, 6) is 0.159. The summed E-state index contributed by atoms with van der Waals surface area (Å²) in [4.78, 5) is 21.6. The molecular formula is C29H26ClN3O3S. The highest BCUT2D eigenvalue weighted by atomic mass is 35.5. The number of aryl methyl sites for hydroxylation is 2. The molecule has 1 saturated heterocycles. The molecule has 188 valence electrons. The lowest BCUT2D eigenvalue weighted by Crippen LogP contribution is -2.20. The number of imidazole rings is 1. The third kappa shape index (κ3) is 4.41. The zero-order valence-electron chi connectivity index (χ0n) is 20.6. The average molecular weight is 532 g/mol. The zero-order valence-corrected chi connectivity index (χ0v) is 22.2. The monoisotopic (exact) mass is 531 g/mol. The van der Waals surface area contributed by atoms with Crippen molar-refractivity contribution in [1.82, 2.24) is 14.5 Å². The Bertz CT molecular complexity index is 1650. The van der Waals surface area contributed by atoms with E-state index in [2.05, 4.69) is 29.7 Å². The fourth-order valence-corrected chi connectivity index (χ4v) is 6.67. The first kappa shape index (κ1) is 24.1. The number of carboxylic acid groups (broad SMARTS) is 1. The predicted octanol–water partition coefficient (Wildman–Crippen LogP) is 7.23. The van der Waals surface area contributed by atoms with E-state index >= 15 is 0 Å².